The Morgan fingerprint density at radius 1 is 0.733 bits per heavy atom. The number of hydrogen-bond acceptors (Lipinski definition) is 5. The molecule has 3 N–H and O–H groups in total. The fraction of sp³-hybridized carbons (Fsp3) is 0.919. The Labute approximate surface area is 280 Å². The SMILES string of the molecule is CC(C)C.CC(C)C.CC1C(=O)N(C(C)(C)C)C1C.CC1C(NC(=O)C(C)(C)C)C(=O)N1C.CC1CCCN1.CC1CCCN1. The molecule has 3 amide bonds. The molecule has 0 aromatic heterocycles. The van der Waals surface area contributed by atoms with Gasteiger partial charge in [0.2, 0.25) is 17.7 Å². The van der Waals surface area contributed by atoms with E-state index in [9.17, 15) is 14.4 Å². The van der Waals surface area contributed by atoms with E-state index in [-0.39, 0.29) is 35.4 Å². The van der Waals surface area contributed by atoms with Crippen molar-refractivity contribution >= 4 is 17.7 Å². The Morgan fingerprint density at radius 3 is 1.29 bits per heavy atom. The minimum Gasteiger partial charge on any atom is -0.342 e. The molecule has 0 radical (unpaired) electrons. The first-order valence-electron chi connectivity index (χ1n) is 17.7. The summed E-state index contributed by atoms with van der Waals surface area (Å²) in [5, 5.41) is 9.40. The first-order valence-corrected chi connectivity index (χ1v) is 17.7. The van der Waals surface area contributed by atoms with Gasteiger partial charge in [0.15, 0.2) is 0 Å². The van der Waals surface area contributed by atoms with Crippen molar-refractivity contribution in [2.75, 3.05) is 20.1 Å². The number of nitrogens with zero attached hydrogens (tertiary/aromatic N) is 2. The Balaban J connectivity index is 0. The highest BCUT2D eigenvalue weighted by Gasteiger charge is 2.46. The zero-order valence-electron chi connectivity index (χ0n) is 33.0. The second-order valence-electron chi connectivity index (χ2n) is 16.8. The van der Waals surface area contributed by atoms with E-state index in [1.165, 1.54) is 38.8 Å². The summed E-state index contributed by atoms with van der Waals surface area (Å²) in [6.45, 7) is 37.7. The summed E-state index contributed by atoms with van der Waals surface area (Å²) in [5.74, 6) is 2.12. The van der Waals surface area contributed by atoms with Crippen LogP contribution in [-0.4, -0.2) is 83.4 Å². The van der Waals surface area contributed by atoms with Crippen LogP contribution in [0.5, 0.6) is 0 Å². The molecular formula is C37H77N5O3. The number of likely N-dealkylation sites (tertiary alicyclic amines) is 2. The second kappa shape index (κ2) is 21.3. The molecule has 0 aromatic rings. The number of amides is 3. The molecule has 6 unspecified atom stereocenters. The van der Waals surface area contributed by atoms with Crippen LogP contribution in [0.15, 0.2) is 0 Å². The van der Waals surface area contributed by atoms with Crippen LogP contribution in [0.3, 0.4) is 0 Å². The lowest BCUT2D eigenvalue weighted by molar-refractivity contribution is -0.162. The molecule has 4 heterocycles. The van der Waals surface area contributed by atoms with Gasteiger partial charge in [-0.25, -0.2) is 0 Å². The van der Waals surface area contributed by atoms with Crippen LogP contribution in [0, 0.1) is 23.2 Å². The van der Waals surface area contributed by atoms with Gasteiger partial charge in [-0.3, -0.25) is 14.4 Å². The number of nitrogens with one attached hydrogen (secondary N) is 3. The molecule has 4 rings (SSSR count). The zero-order chi connectivity index (χ0) is 35.9. The van der Waals surface area contributed by atoms with E-state index in [0.29, 0.717) is 11.9 Å². The summed E-state index contributed by atoms with van der Waals surface area (Å²) < 4.78 is 0. The van der Waals surface area contributed by atoms with Crippen molar-refractivity contribution in [3.63, 3.8) is 0 Å². The lowest BCUT2D eigenvalue weighted by Gasteiger charge is -2.51. The molecule has 4 aliphatic heterocycles. The normalized spacial score (nSPS) is 27.1. The fourth-order valence-electron chi connectivity index (χ4n) is 4.73. The van der Waals surface area contributed by atoms with E-state index in [4.69, 9.17) is 0 Å². The van der Waals surface area contributed by atoms with E-state index < -0.39 is 5.41 Å². The van der Waals surface area contributed by atoms with E-state index >= 15 is 0 Å². The largest absolute Gasteiger partial charge is 0.342 e. The van der Waals surface area contributed by atoms with Crippen molar-refractivity contribution < 1.29 is 14.4 Å². The van der Waals surface area contributed by atoms with Crippen molar-refractivity contribution in [3.05, 3.63) is 0 Å². The van der Waals surface area contributed by atoms with Crippen molar-refractivity contribution in [1.82, 2.24) is 25.8 Å². The van der Waals surface area contributed by atoms with E-state index in [1.807, 2.05) is 39.5 Å². The quantitative estimate of drug-likeness (QED) is 0.272. The maximum absolute atomic E-state index is 11.6. The highest BCUT2D eigenvalue weighted by molar-refractivity contribution is 5.94. The standard InChI is InChI=1S/C10H18N2O2.C9H17NO.2C5H11N.2C4H10/c1-6-7(8(13)12(6)5)11-9(14)10(2,3)4;1-6-7(2)10(8(6)11)9(3,4)5;2*1-5-3-2-4-6-5;2*1-4(2)3/h6-7H,1-5H3,(H,11,14);6-7H,1-5H3;2*5-6H,2-4H2,1H3;2*4H,1-3H3. The molecule has 0 bridgehead atoms. The van der Waals surface area contributed by atoms with Gasteiger partial charge in [0, 0.05) is 36.1 Å². The van der Waals surface area contributed by atoms with Crippen LogP contribution in [0.1, 0.15) is 143 Å². The minimum atomic E-state index is -0.436. The summed E-state index contributed by atoms with van der Waals surface area (Å²) in [4.78, 5) is 37.9. The fourth-order valence-corrected chi connectivity index (χ4v) is 4.73. The summed E-state index contributed by atoms with van der Waals surface area (Å²) >= 11 is 0. The smallest absolute Gasteiger partial charge is 0.247 e. The zero-order valence-corrected chi connectivity index (χ0v) is 33.0. The van der Waals surface area contributed by atoms with Gasteiger partial charge in [0.05, 0.1) is 12.0 Å². The van der Waals surface area contributed by atoms with Crippen molar-refractivity contribution in [2.45, 2.75) is 179 Å². The number of hydrogen-bond donors (Lipinski definition) is 3. The summed E-state index contributed by atoms with van der Waals surface area (Å²) in [6.07, 6.45) is 5.50. The van der Waals surface area contributed by atoms with Gasteiger partial charge >= 0.3 is 0 Å². The predicted octanol–water partition coefficient (Wildman–Crippen LogP) is 6.87. The Kier molecular flexibility index (Phi) is 21.5. The van der Waals surface area contributed by atoms with Crippen LogP contribution in [-0.2, 0) is 14.4 Å². The molecule has 0 aliphatic carbocycles. The molecule has 0 spiro atoms. The topological polar surface area (TPSA) is 93.8 Å². The van der Waals surface area contributed by atoms with E-state index in [0.717, 1.165) is 23.9 Å². The van der Waals surface area contributed by atoms with Crippen LogP contribution in [0.25, 0.3) is 0 Å². The van der Waals surface area contributed by atoms with Crippen LogP contribution < -0.4 is 16.0 Å². The Hall–Kier alpha value is -1.67. The van der Waals surface area contributed by atoms with E-state index in [1.54, 1.807) is 11.9 Å². The van der Waals surface area contributed by atoms with Gasteiger partial charge < -0.3 is 25.8 Å². The summed E-state index contributed by atoms with van der Waals surface area (Å²) in [5.41, 5.74) is -0.433. The molecule has 4 aliphatic rings. The second-order valence-corrected chi connectivity index (χ2v) is 16.8. The lowest BCUT2D eigenvalue weighted by Crippen LogP contribution is -2.68. The highest BCUT2D eigenvalue weighted by atomic mass is 16.2. The maximum Gasteiger partial charge on any atom is 0.247 e. The average molecular weight is 640 g/mol. The van der Waals surface area contributed by atoms with Crippen LogP contribution in [0.4, 0.5) is 0 Å². The number of carbonyl (C=O) groups is 3. The first-order chi connectivity index (χ1) is 20.4. The number of likely N-dealkylation sites (N-methyl/N-ethyl adjacent to an activating group) is 1. The molecule has 4 saturated heterocycles. The summed E-state index contributed by atoms with van der Waals surface area (Å²) in [7, 11) is 1.74. The van der Waals surface area contributed by atoms with Gasteiger partial charge in [-0.2, -0.15) is 0 Å². The maximum atomic E-state index is 11.6. The first kappa shape index (κ1) is 45.5. The molecule has 0 saturated carbocycles. The average Bonchev–Trinajstić information content (AvgIpc) is 3.58. The third-order valence-electron chi connectivity index (χ3n) is 7.77. The Bertz CT molecular complexity index is 808. The molecule has 6 atom stereocenters. The van der Waals surface area contributed by atoms with Crippen LogP contribution >= 0.6 is 0 Å². The minimum absolute atomic E-state index is 0.00299. The third-order valence-corrected chi connectivity index (χ3v) is 7.77. The van der Waals surface area contributed by atoms with Gasteiger partial charge in [-0.05, 0) is 99.1 Å². The Morgan fingerprint density at radius 2 is 1.11 bits per heavy atom. The molecule has 268 valence electrons. The summed E-state index contributed by atoms with van der Waals surface area (Å²) in [6, 6.07) is 1.79. The van der Waals surface area contributed by atoms with Crippen LogP contribution in [0.2, 0.25) is 0 Å². The molecule has 8 nitrogen and oxygen atoms in total. The van der Waals surface area contributed by atoms with Crippen molar-refractivity contribution in [1.29, 1.82) is 0 Å². The number of rotatable bonds is 1. The monoisotopic (exact) mass is 640 g/mol. The van der Waals surface area contributed by atoms with Gasteiger partial charge in [0.1, 0.15) is 6.04 Å². The molecule has 45 heavy (non-hydrogen) atoms. The lowest BCUT2D eigenvalue weighted by atomic mass is 9.85. The molecule has 0 aromatic carbocycles. The van der Waals surface area contributed by atoms with Gasteiger partial charge in [-0.1, -0.05) is 69.2 Å². The van der Waals surface area contributed by atoms with Gasteiger partial charge in [-0.15, -0.1) is 0 Å². The van der Waals surface area contributed by atoms with Crippen molar-refractivity contribution in [2.24, 2.45) is 23.2 Å². The predicted molar refractivity (Wildman–Crippen MR) is 193 cm³/mol. The van der Waals surface area contributed by atoms with Gasteiger partial charge in [0.25, 0.3) is 0 Å². The molecule has 4 fully saturated rings. The number of β-lactam (4-membered cyclic amide) rings is 2. The highest BCUT2D eigenvalue weighted by Crippen LogP contribution is 2.32. The number of carbonyl (C=O) groups excluding carboxylic acids is 3. The van der Waals surface area contributed by atoms with E-state index in [2.05, 4.69) is 99.0 Å². The molecular weight excluding hydrogens is 562 g/mol. The molecule has 8 heteroatoms. The van der Waals surface area contributed by atoms with Crippen molar-refractivity contribution in [3.8, 4) is 0 Å². The third kappa shape index (κ3) is 18.9.